The topological polar surface area (TPSA) is 32.7 Å². The van der Waals surface area contributed by atoms with E-state index in [1.54, 1.807) is 0 Å². The molecule has 0 bridgehead atoms. The first-order valence-corrected chi connectivity index (χ1v) is 10.4. The average molecular weight is 368 g/mol. The van der Waals surface area contributed by atoms with Crippen molar-refractivity contribution in [3.8, 4) is 5.75 Å². The summed E-state index contributed by atoms with van der Waals surface area (Å²) in [5.41, 5.74) is 2.13. The van der Waals surface area contributed by atoms with Gasteiger partial charge in [-0.2, -0.15) is 0 Å². The van der Waals surface area contributed by atoms with Gasteiger partial charge in [0, 0.05) is 6.54 Å². The molecule has 2 aromatic carbocycles. The highest BCUT2D eigenvalue weighted by Gasteiger charge is 2.32. The lowest BCUT2D eigenvalue weighted by molar-refractivity contribution is 0.0545. The largest absolute Gasteiger partial charge is 0.494 e. The van der Waals surface area contributed by atoms with Crippen molar-refractivity contribution in [1.82, 2.24) is 4.90 Å². The summed E-state index contributed by atoms with van der Waals surface area (Å²) < 4.78 is 5.71. The van der Waals surface area contributed by atoms with Crippen LogP contribution in [0.15, 0.2) is 48.5 Å². The molecule has 0 aromatic heterocycles. The zero-order valence-corrected chi connectivity index (χ0v) is 16.8. The van der Waals surface area contributed by atoms with Crippen molar-refractivity contribution in [2.75, 3.05) is 26.2 Å². The molecule has 0 aliphatic carbocycles. The van der Waals surface area contributed by atoms with E-state index in [0.717, 1.165) is 49.5 Å². The summed E-state index contributed by atoms with van der Waals surface area (Å²) in [6.07, 6.45) is 5.56. The second-order valence-electron chi connectivity index (χ2n) is 7.75. The number of aryl methyl sites for hydroxylation is 1. The molecule has 27 heavy (non-hydrogen) atoms. The van der Waals surface area contributed by atoms with E-state index in [1.165, 1.54) is 24.8 Å². The van der Waals surface area contributed by atoms with Gasteiger partial charge >= 0.3 is 0 Å². The van der Waals surface area contributed by atoms with Crippen LogP contribution in [0.4, 0.5) is 0 Å². The van der Waals surface area contributed by atoms with E-state index in [0.29, 0.717) is 6.42 Å². The predicted octanol–water partition coefficient (Wildman–Crippen LogP) is 4.90. The van der Waals surface area contributed by atoms with Crippen LogP contribution in [-0.4, -0.2) is 36.2 Å². The number of nitrogens with zero attached hydrogens (tertiary/aromatic N) is 1. The van der Waals surface area contributed by atoms with Gasteiger partial charge in [0.15, 0.2) is 0 Å². The normalized spacial score (nSPS) is 17.4. The molecule has 1 aliphatic rings. The fourth-order valence-corrected chi connectivity index (χ4v) is 3.83. The maximum Gasteiger partial charge on any atom is 0.119 e. The van der Waals surface area contributed by atoms with E-state index in [2.05, 4.69) is 43.0 Å². The quantitative estimate of drug-likeness (QED) is 0.720. The first-order valence-electron chi connectivity index (χ1n) is 10.4. The van der Waals surface area contributed by atoms with Gasteiger partial charge < -0.3 is 14.7 Å². The van der Waals surface area contributed by atoms with Gasteiger partial charge in [0.2, 0.25) is 0 Å². The first-order chi connectivity index (χ1) is 13.1. The molecule has 1 heterocycles. The molecule has 1 aliphatic heterocycles. The number of benzene rings is 2. The Kier molecular flexibility index (Phi) is 6.92. The lowest BCUT2D eigenvalue weighted by Crippen LogP contribution is -2.36. The Hall–Kier alpha value is -1.84. The summed E-state index contributed by atoms with van der Waals surface area (Å²) in [7, 11) is 0. The molecular formula is C24H33NO2. The number of hydrogen-bond donors (Lipinski definition) is 1. The van der Waals surface area contributed by atoms with Crippen LogP contribution in [-0.2, 0) is 5.60 Å². The maximum absolute atomic E-state index is 11.8. The summed E-state index contributed by atoms with van der Waals surface area (Å²) in [5, 5.41) is 11.8. The first kappa shape index (κ1) is 19.9. The van der Waals surface area contributed by atoms with Crippen molar-refractivity contribution in [2.24, 2.45) is 0 Å². The van der Waals surface area contributed by atoms with Crippen LogP contribution >= 0.6 is 0 Å². The molecule has 0 spiro atoms. The Morgan fingerprint density at radius 2 is 1.52 bits per heavy atom. The fraction of sp³-hybridized carbons (Fsp3) is 0.500. The smallest absolute Gasteiger partial charge is 0.119 e. The van der Waals surface area contributed by atoms with Crippen LogP contribution < -0.4 is 4.74 Å². The zero-order valence-electron chi connectivity index (χ0n) is 16.8. The SMILES string of the molecule is CCCOc1ccc([C@](O)(CCN2CCCCC2)c2ccc(C)cc2)cc1. The molecule has 2 aromatic rings. The maximum atomic E-state index is 11.8. The molecule has 0 saturated carbocycles. The number of likely N-dealkylation sites (tertiary alicyclic amines) is 1. The highest BCUT2D eigenvalue weighted by molar-refractivity contribution is 5.39. The molecule has 3 nitrogen and oxygen atoms in total. The number of piperidine rings is 1. The molecule has 3 rings (SSSR count). The van der Waals surface area contributed by atoms with Gasteiger partial charge in [-0.15, -0.1) is 0 Å². The molecule has 1 atom stereocenters. The molecule has 0 amide bonds. The minimum atomic E-state index is -0.978. The Balaban J connectivity index is 1.83. The van der Waals surface area contributed by atoms with E-state index in [1.807, 2.05) is 24.3 Å². The number of rotatable bonds is 8. The van der Waals surface area contributed by atoms with Gasteiger partial charge in [-0.25, -0.2) is 0 Å². The van der Waals surface area contributed by atoms with Crippen LogP contribution in [0, 0.1) is 6.92 Å². The second-order valence-corrected chi connectivity index (χ2v) is 7.75. The Bertz CT molecular complexity index is 689. The van der Waals surface area contributed by atoms with E-state index in [9.17, 15) is 5.11 Å². The van der Waals surface area contributed by atoms with E-state index < -0.39 is 5.60 Å². The van der Waals surface area contributed by atoms with Crippen LogP contribution in [0.3, 0.4) is 0 Å². The predicted molar refractivity (Wildman–Crippen MR) is 111 cm³/mol. The van der Waals surface area contributed by atoms with Crippen LogP contribution in [0.1, 0.15) is 55.7 Å². The molecule has 1 saturated heterocycles. The third-order valence-electron chi connectivity index (χ3n) is 5.57. The van der Waals surface area contributed by atoms with Gasteiger partial charge in [-0.3, -0.25) is 0 Å². The van der Waals surface area contributed by atoms with Crippen molar-refractivity contribution in [1.29, 1.82) is 0 Å². The standard InChI is InChI=1S/C24H33NO2/c1-3-19-27-23-13-11-22(12-14-23)24(26,21-9-7-20(2)8-10-21)15-18-25-16-5-4-6-17-25/h7-14,26H,3-6,15-19H2,1-2H3/t24-/m0/s1. The van der Waals surface area contributed by atoms with Crippen LogP contribution in [0.5, 0.6) is 5.75 Å². The lowest BCUT2D eigenvalue weighted by atomic mass is 9.83. The van der Waals surface area contributed by atoms with Gasteiger partial charge in [-0.05, 0) is 69.0 Å². The highest BCUT2D eigenvalue weighted by Crippen LogP contribution is 2.34. The molecule has 0 unspecified atom stereocenters. The van der Waals surface area contributed by atoms with E-state index >= 15 is 0 Å². The number of hydrogen-bond acceptors (Lipinski definition) is 3. The summed E-state index contributed by atoms with van der Waals surface area (Å²) >= 11 is 0. The Labute approximate surface area is 164 Å². The lowest BCUT2D eigenvalue weighted by Gasteiger charge is -2.34. The highest BCUT2D eigenvalue weighted by atomic mass is 16.5. The average Bonchev–Trinajstić information content (AvgIpc) is 2.72. The molecule has 1 fully saturated rings. The molecule has 3 heteroatoms. The molecule has 1 N–H and O–H groups in total. The minimum absolute atomic E-state index is 0.700. The third kappa shape index (κ3) is 5.12. The minimum Gasteiger partial charge on any atom is -0.494 e. The van der Waals surface area contributed by atoms with E-state index in [4.69, 9.17) is 4.74 Å². The summed E-state index contributed by atoms with van der Waals surface area (Å²) in [4.78, 5) is 2.49. The number of aliphatic hydroxyl groups is 1. The molecule has 146 valence electrons. The summed E-state index contributed by atoms with van der Waals surface area (Å²) in [5.74, 6) is 0.864. The van der Waals surface area contributed by atoms with Crippen molar-refractivity contribution in [3.05, 3.63) is 65.2 Å². The van der Waals surface area contributed by atoms with Crippen molar-refractivity contribution in [2.45, 2.75) is 51.6 Å². The monoisotopic (exact) mass is 367 g/mol. The Morgan fingerprint density at radius 3 is 2.11 bits per heavy atom. The van der Waals surface area contributed by atoms with Gasteiger partial charge in [-0.1, -0.05) is 55.3 Å². The summed E-state index contributed by atoms with van der Waals surface area (Å²) in [6, 6.07) is 16.3. The fourth-order valence-electron chi connectivity index (χ4n) is 3.83. The zero-order chi connectivity index (χ0) is 19.1. The van der Waals surface area contributed by atoms with Crippen molar-refractivity contribution < 1.29 is 9.84 Å². The van der Waals surface area contributed by atoms with Gasteiger partial charge in [0.1, 0.15) is 11.4 Å². The molecule has 0 radical (unpaired) electrons. The van der Waals surface area contributed by atoms with Crippen molar-refractivity contribution >= 4 is 0 Å². The second kappa shape index (κ2) is 9.38. The molecular weight excluding hydrogens is 334 g/mol. The summed E-state index contributed by atoms with van der Waals surface area (Å²) in [6.45, 7) is 8.11. The Morgan fingerprint density at radius 1 is 0.926 bits per heavy atom. The van der Waals surface area contributed by atoms with Gasteiger partial charge in [0.25, 0.3) is 0 Å². The number of ether oxygens (including phenoxy) is 1. The van der Waals surface area contributed by atoms with Gasteiger partial charge in [0.05, 0.1) is 6.61 Å². The van der Waals surface area contributed by atoms with Crippen molar-refractivity contribution in [3.63, 3.8) is 0 Å². The third-order valence-corrected chi connectivity index (χ3v) is 5.57. The van der Waals surface area contributed by atoms with Crippen LogP contribution in [0.2, 0.25) is 0 Å². The van der Waals surface area contributed by atoms with Crippen LogP contribution in [0.25, 0.3) is 0 Å². The van der Waals surface area contributed by atoms with E-state index in [-0.39, 0.29) is 0 Å².